The molecule has 0 saturated heterocycles. The Hall–Kier alpha value is -1.05. The van der Waals surface area contributed by atoms with Crippen LogP contribution >= 0.6 is 0 Å². The highest BCUT2D eigenvalue weighted by molar-refractivity contribution is 5.54. The minimum atomic E-state index is 0.243. The number of hydrogen-bond acceptors (Lipinski definition) is 2. The molecule has 19 heavy (non-hydrogen) atoms. The van der Waals surface area contributed by atoms with Crippen molar-refractivity contribution in [2.75, 3.05) is 5.73 Å². The van der Waals surface area contributed by atoms with Crippen molar-refractivity contribution in [3.63, 3.8) is 0 Å². The summed E-state index contributed by atoms with van der Waals surface area (Å²) in [4.78, 5) is 4.44. The van der Waals surface area contributed by atoms with E-state index in [4.69, 9.17) is 5.73 Å². The molecule has 0 aliphatic rings. The van der Waals surface area contributed by atoms with Gasteiger partial charge >= 0.3 is 0 Å². The van der Waals surface area contributed by atoms with E-state index in [1.54, 1.807) is 0 Å². The fourth-order valence-electron chi connectivity index (χ4n) is 2.75. The van der Waals surface area contributed by atoms with Gasteiger partial charge in [-0.15, -0.1) is 0 Å². The third-order valence-electron chi connectivity index (χ3n) is 3.99. The van der Waals surface area contributed by atoms with Crippen LogP contribution in [0.25, 0.3) is 0 Å². The van der Waals surface area contributed by atoms with Crippen LogP contribution < -0.4 is 5.73 Å². The number of nitrogen functional groups attached to an aromatic ring is 1. The van der Waals surface area contributed by atoms with Crippen LogP contribution in [0.15, 0.2) is 12.4 Å². The van der Waals surface area contributed by atoms with E-state index in [0.29, 0.717) is 11.8 Å². The second kappa shape index (κ2) is 6.40. The van der Waals surface area contributed by atoms with Gasteiger partial charge in [0.05, 0.1) is 0 Å². The topological polar surface area (TPSA) is 38.9 Å². The highest BCUT2D eigenvalue weighted by Gasteiger charge is 2.21. The molecule has 1 aromatic heterocycles. The molecule has 1 aromatic rings. The second-order valence-corrected chi connectivity index (χ2v) is 6.94. The van der Waals surface area contributed by atoms with Crippen molar-refractivity contribution in [2.45, 2.75) is 66.7 Å². The van der Waals surface area contributed by atoms with E-state index in [-0.39, 0.29) is 5.41 Å². The molecule has 1 heterocycles. The Morgan fingerprint density at radius 2 is 1.79 bits per heavy atom. The Bertz CT molecular complexity index is 404. The third kappa shape index (κ3) is 4.22. The fourth-order valence-corrected chi connectivity index (χ4v) is 2.75. The summed E-state index contributed by atoms with van der Waals surface area (Å²) in [6, 6.07) is 0. The molecule has 0 radical (unpaired) electrons. The van der Waals surface area contributed by atoms with Crippen molar-refractivity contribution < 1.29 is 0 Å². The molecule has 1 rings (SSSR count). The lowest BCUT2D eigenvalue weighted by molar-refractivity contribution is 0.409. The summed E-state index contributed by atoms with van der Waals surface area (Å²) in [5.41, 5.74) is 10.1. The van der Waals surface area contributed by atoms with E-state index < -0.39 is 0 Å². The van der Waals surface area contributed by atoms with Gasteiger partial charge in [-0.05, 0) is 41.2 Å². The van der Waals surface area contributed by atoms with Gasteiger partial charge in [-0.3, -0.25) is 4.98 Å². The Labute approximate surface area is 118 Å². The normalized spacial score (nSPS) is 15.3. The van der Waals surface area contributed by atoms with E-state index in [1.165, 1.54) is 17.5 Å². The molecule has 0 saturated carbocycles. The molecule has 0 spiro atoms. The third-order valence-corrected chi connectivity index (χ3v) is 3.99. The number of hydrogen-bond donors (Lipinski definition) is 1. The lowest BCUT2D eigenvalue weighted by Crippen LogP contribution is -2.15. The quantitative estimate of drug-likeness (QED) is 0.828. The first-order valence-corrected chi connectivity index (χ1v) is 7.52. The molecule has 2 heteroatoms. The van der Waals surface area contributed by atoms with Crippen LogP contribution in [0.1, 0.15) is 71.4 Å². The van der Waals surface area contributed by atoms with Crippen LogP contribution in [-0.4, -0.2) is 4.98 Å². The first kappa shape index (κ1) is 16.0. The first-order chi connectivity index (χ1) is 8.80. The minimum absolute atomic E-state index is 0.243. The van der Waals surface area contributed by atoms with Crippen molar-refractivity contribution in [3.05, 3.63) is 23.5 Å². The predicted octanol–water partition coefficient (Wildman–Crippen LogP) is 4.79. The van der Waals surface area contributed by atoms with Crippen LogP contribution in [0.4, 0.5) is 5.69 Å². The average Bonchev–Trinajstić information content (AvgIpc) is 2.32. The number of anilines is 1. The van der Waals surface area contributed by atoms with Crippen LogP contribution in [0.3, 0.4) is 0 Å². The van der Waals surface area contributed by atoms with E-state index in [2.05, 4.69) is 46.5 Å². The van der Waals surface area contributed by atoms with Crippen molar-refractivity contribution in [1.29, 1.82) is 0 Å². The maximum atomic E-state index is 6.42. The molecule has 2 unspecified atom stereocenters. The number of aromatic nitrogens is 1. The van der Waals surface area contributed by atoms with Crippen molar-refractivity contribution >= 4 is 5.69 Å². The summed E-state index contributed by atoms with van der Waals surface area (Å²) in [5.74, 6) is 1.18. The molecule has 0 fully saturated rings. The highest BCUT2D eigenvalue weighted by atomic mass is 14.7. The Morgan fingerprint density at radius 1 is 1.16 bits per heavy atom. The van der Waals surface area contributed by atoms with Gasteiger partial charge in [-0.2, -0.15) is 0 Å². The zero-order valence-electron chi connectivity index (χ0n) is 13.5. The zero-order chi connectivity index (χ0) is 14.6. The maximum Gasteiger partial charge on any atom is 0.0413 e. The molecular formula is C17H30N2. The van der Waals surface area contributed by atoms with Crippen LogP contribution in [0.5, 0.6) is 0 Å². The maximum absolute atomic E-state index is 6.42. The van der Waals surface area contributed by atoms with E-state index in [9.17, 15) is 0 Å². The van der Waals surface area contributed by atoms with Gasteiger partial charge in [0, 0.05) is 18.1 Å². The van der Waals surface area contributed by atoms with Crippen molar-refractivity contribution in [1.82, 2.24) is 4.98 Å². The molecule has 108 valence electrons. The first-order valence-electron chi connectivity index (χ1n) is 7.52. The molecule has 0 aromatic carbocycles. The molecule has 0 bridgehead atoms. The molecular weight excluding hydrogens is 232 g/mol. The van der Waals surface area contributed by atoms with Gasteiger partial charge in [0.15, 0.2) is 0 Å². The molecule has 0 amide bonds. The van der Waals surface area contributed by atoms with Crippen LogP contribution in [0, 0.1) is 11.3 Å². The van der Waals surface area contributed by atoms with Gasteiger partial charge in [0.25, 0.3) is 0 Å². The summed E-state index contributed by atoms with van der Waals surface area (Å²) in [5, 5.41) is 0. The molecule has 2 atom stereocenters. The smallest absolute Gasteiger partial charge is 0.0413 e. The van der Waals surface area contributed by atoms with Gasteiger partial charge in [-0.25, -0.2) is 0 Å². The predicted molar refractivity (Wildman–Crippen MR) is 84.3 cm³/mol. The lowest BCUT2D eigenvalue weighted by atomic mass is 9.81. The fraction of sp³-hybridized carbons (Fsp3) is 0.706. The van der Waals surface area contributed by atoms with Gasteiger partial charge in [0.2, 0.25) is 0 Å². The Morgan fingerprint density at radius 3 is 2.26 bits per heavy atom. The number of nitrogens with zero attached hydrogens (tertiary/aromatic N) is 1. The van der Waals surface area contributed by atoms with Crippen LogP contribution in [-0.2, 0) is 6.42 Å². The lowest BCUT2D eigenvalue weighted by Gasteiger charge is -2.26. The highest BCUT2D eigenvalue weighted by Crippen LogP contribution is 2.35. The number of rotatable bonds is 5. The standard InChI is InChI=1S/C17H30N2/c1-7-12(3)14(8-2)15-11-19-10-13(16(15)18)9-17(4,5)6/h10-12,14H,7-9H2,1-6H3,(H2,18,19). The van der Waals surface area contributed by atoms with E-state index >= 15 is 0 Å². The molecule has 0 aliphatic heterocycles. The number of nitrogens with two attached hydrogens (primary N) is 1. The Kier molecular flexibility index (Phi) is 5.39. The molecule has 2 N–H and O–H groups in total. The summed E-state index contributed by atoms with van der Waals surface area (Å²) in [6.45, 7) is 13.5. The zero-order valence-corrected chi connectivity index (χ0v) is 13.5. The van der Waals surface area contributed by atoms with Crippen LogP contribution in [0.2, 0.25) is 0 Å². The second-order valence-electron chi connectivity index (χ2n) is 6.94. The van der Waals surface area contributed by atoms with E-state index in [1.807, 2.05) is 12.4 Å². The molecule has 2 nitrogen and oxygen atoms in total. The summed E-state index contributed by atoms with van der Waals surface area (Å²) >= 11 is 0. The average molecular weight is 262 g/mol. The summed E-state index contributed by atoms with van der Waals surface area (Å²) in [7, 11) is 0. The van der Waals surface area contributed by atoms with Crippen molar-refractivity contribution in [3.8, 4) is 0 Å². The van der Waals surface area contributed by atoms with Gasteiger partial charge in [0.1, 0.15) is 0 Å². The molecule has 0 aliphatic carbocycles. The van der Waals surface area contributed by atoms with Crippen molar-refractivity contribution in [2.24, 2.45) is 11.3 Å². The summed E-state index contributed by atoms with van der Waals surface area (Å²) < 4.78 is 0. The van der Waals surface area contributed by atoms with Gasteiger partial charge < -0.3 is 5.73 Å². The number of pyridine rings is 1. The SMILES string of the molecule is CCC(C)C(CC)c1cncc(CC(C)(C)C)c1N. The minimum Gasteiger partial charge on any atom is -0.398 e. The largest absolute Gasteiger partial charge is 0.398 e. The van der Waals surface area contributed by atoms with Gasteiger partial charge in [-0.1, -0.05) is 48.0 Å². The summed E-state index contributed by atoms with van der Waals surface area (Å²) in [6.07, 6.45) is 7.20. The monoisotopic (exact) mass is 262 g/mol. The Balaban J connectivity index is 3.12. The van der Waals surface area contributed by atoms with E-state index in [0.717, 1.165) is 18.5 Å².